The third-order valence-corrected chi connectivity index (χ3v) is 21.2. The average Bonchev–Trinajstić information content (AvgIpc) is 1.61. The summed E-state index contributed by atoms with van der Waals surface area (Å²) >= 11 is 7.12. The number of aliphatic hydroxyl groups excluding tert-OH is 1. The zero-order valence-corrected chi connectivity index (χ0v) is 55.3. The minimum absolute atomic E-state index is 0.00304. The van der Waals surface area contributed by atoms with E-state index in [0.717, 1.165) is 34.0 Å². The van der Waals surface area contributed by atoms with Crippen LogP contribution in [0.15, 0.2) is 64.0 Å². The molecule has 2 aliphatic rings. The fourth-order valence-corrected chi connectivity index (χ4v) is 16.1. The predicted molar refractivity (Wildman–Crippen MR) is 348 cm³/mol. The number of methoxy groups -OCH3 is 1. The summed E-state index contributed by atoms with van der Waals surface area (Å²) in [5.41, 5.74) is 2.51. The lowest BCUT2D eigenvalue weighted by Crippen LogP contribution is -2.40. The summed E-state index contributed by atoms with van der Waals surface area (Å²) in [6, 6.07) is 9.39. The number of nitrogens with zero attached hydrogens (tertiary/aromatic N) is 8. The van der Waals surface area contributed by atoms with Gasteiger partial charge in [0.2, 0.25) is 17.7 Å². The van der Waals surface area contributed by atoms with Crippen LogP contribution in [0.25, 0.3) is 43.4 Å². The van der Waals surface area contributed by atoms with Gasteiger partial charge in [-0.2, -0.15) is 0 Å². The molecule has 1 aromatic carbocycles. The lowest BCUT2D eigenvalue weighted by Gasteiger charge is -2.30. The molecule has 10 bridgehead atoms. The third kappa shape index (κ3) is 15.6. The first-order valence-corrected chi connectivity index (χ1v) is 34.6. The first kappa shape index (κ1) is 66.7. The molecule has 6 amide bonds. The van der Waals surface area contributed by atoms with Gasteiger partial charge in [0.05, 0.1) is 48.1 Å². The van der Waals surface area contributed by atoms with Gasteiger partial charge in [0.25, 0.3) is 17.7 Å². The summed E-state index contributed by atoms with van der Waals surface area (Å²) < 4.78 is 5.46. The fraction of sp³-hybridized carbons (Fsp3) is 0.393. The molecule has 4 atom stereocenters. The lowest BCUT2D eigenvalue weighted by atomic mass is 9.81. The molecule has 1 aliphatic carbocycles. The largest absolute Gasteiger partial charge is 0.481 e. The maximum absolute atomic E-state index is 14.4. The molecular formula is C61H65N13O12S6. The molecule has 1 fully saturated rings. The maximum atomic E-state index is 14.4. The zero-order valence-electron chi connectivity index (χ0n) is 50.4. The van der Waals surface area contributed by atoms with Crippen molar-refractivity contribution in [1.29, 1.82) is 0 Å². The van der Waals surface area contributed by atoms with E-state index in [2.05, 4.69) is 26.6 Å². The Morgan fingerprint density at radius 1 is 0.674 bits per heavy atom. The van der Waals surface area contributed by atoms with Crippen molar-refractivity contribution < 1.29 is 58.4 Å². The quantitative estimate of drug-likeness (QED) is 0.0394. The second-order valence-corrected chi connectivity index (χ2v) is 28.0. The molecular weight excluding hydrogens is 1300 g/mol. The van der Waals surface area contributed by atoms with E-state index in [9.17, 15) is 53.7 Å². The molecule has 7 aromatic heterocycles. The highest BCUT2D eigenvalue weighted by molar-refractivity contribution is 7.15. The zero-order chi connectivity index (χ0) is 65.3. The normalized spacial score (nSPS) is 18.4. The number of hydrogen-bond acceptors (Lipinski definition) is 23. The standard InChI is InChI=1S/C61H65N13O12S6/c1-29(2)45-59-73-48(40(92-59)24-86-5)52(81)63-23-43(76)70-49(50(79)31-12-8-6-9-13-31)58-68-39(27-89-58)56-66-37(25-88-56)47-34(54-67-38(26-87-54)51(80)65-36(22-42(75)62-4)57-72-46(30(3)91-57)53(82)71-45)19-20-35(64-47)55-69-41(28-90-55)74(21-11-7-10-14-44(77)78)60(83)32-15-17-33(18-16-32)61(84)85/h6,8-9,12-13,19-20,25-29,32-33,36,45,49-50,79H,7,10-11,14-18,21-24H2,1-5H3,(H,62,75)(H,63,81)(H,65,80)(H,70,76)(H,71,82)(H,77,78)(H,84,85)/t32?,33?,36-,45-,49-,50-/m0/s1. The third-order valence-electron chi connectivity index (χ3n) is 15.5. The Labute approximate surface area is 551 Å². The van der Waals surface area contributed by atoms with Gasteiger partial charge in [0, 0.05) is 65.0 Å². The van der Waals surface area contributed by atoms with Crippen LogP contribution in [0.5, 0.6) is 0 Å². The van der Waals surface area contributed by atoms with E-state index in [1.165, 1.54) is 48.2 Å². The predicted octanol–water partition coefficient (Wildman–Crippen LogP) is 9.18. The van der Waals surface area contributed by atoms with Crippen LogP contribution in [-0.4, -0.2) is 125 Å². The number of amides is 6. The van der Waals surface area contributed by atoms with Crippen molar-refractivity contribution in [2.75, 3.05) is 32.1 Å². The van der Waals surface area contributed by atoms with Gasteiger partial charge in [-0.3, -0.25) is 43.3 Å². The van der Waals surface area contributed by atoms with Crippen molar-refractivity contribution in [3.8, 4) is 43.4 Å². The molecule has 0 saturated heterocycles. The summed E-state index contributed by atoms with van der Waals surface area (Å²) in [6.45, 7) is 5.17. The number of aliphatic hydroxyl groups is 1. The number of thiazole rings is 6. The smallest absolute Gasteiger partial charge is 0.306 e. The number of aromatic nitrogens is 7. The van der Waals surface area contributed by atoms with Gasteiger partial charge in [-0.25, -0.2) is 34.9 Å². The number of fused-ring (bicyclic) bond motifs is 14. The number of carbonyl (C=O) groups is 8. The minimum atomic E-state index is -1.30. The number of pyridine rings is 1. The van der Waals surface area contributed by atoms with Crippen LogP contribution in [0.1, 0.15) is 158 Å². The summed E-state index contributed by atoms with van der Waals surface area (Å²) in [4.78, 5) is 144. The van der Waals surface area contributed by atoms with Crippen molar-refractivity contribution in [3.63, 3.8) is 0 Å². The van der Waals surface area contributed by atoms with Crippen LogP contribution in [0.4, 0.5) is 5.82 Å². The minimum Gasteiger partial charge on any atom is -0.481 e. The Morgan fingerprint density at radius 2 is 1.37 bits per heavy atom. The summed E-state index contributed by atoms with van der Waals surface area (Å²) in [7, 11) is 2.93. The molecule has 1 aliphatic heterocycles. The highest BCUT2D eigenvalue weighted by atomic mass is 32.1. The number of benzene rings is 1. The van der Waals surface area contributed by atoms with Gasteiger partial charge in [0.15, 0.2) is 0 Å². The summed E-state index contributed by atoms with van der Waals surface area (Å²) in [6.07, 6.45) is 1.44. The van der Waals surface area contributed by atoms with E-state index in [4.69, 9.17) is 39.6 Å². The number of carboxylic acids is 2. The Balaban J connectivity index is 1.04. The first-order valence-electron chi connectivity index (χ1n) is 29.5. The SMILES string of the molecule is CNC(=O)C[C@@H]1NC(=O)c2csc(n2)-c2ccc(-c3nc(N(CCCCCC(=O)O)C(=O)C4CCC(C(=O)O)CC4)cs3)nc2-c2csc(n2)-c2csc(n2)[C@H]([C@@H](O)c2ccccc2)NC(=O)CNC(=O)c2nc(sc2COC)[C@H](C(C)C)NC(=O)c2nc1sc2C. The molecule has 1 saturated carbocycles. The van der Waals surface area contributed by atoms with Gasteiger partial charge in [-0.15, -0.1) is 68.0 Å². The van der Waals surface area contributed by atoms with Gasteiger partial charge in [0.1, 0.15) is 82.2 Å². The molecule has 0 radical (unpaired) electrons. The van der Waals surface area contributed by atoms with Crippen molar-refractivity contribution in [1.82, 2.24) is 61.5 Å². The van der Waals surface area contributed by atoms with Crippen LogP contribution >= 0.6 is 68.0 Å². The van der Waals surface area contributed by atoms with Crippen molar-refractivity contribution in [2.45, 2.75) is 109 Å². The number of aryl methyl sites for hydroxylation is 1. The van der Waals surface area contributed by atoms with Crippen LogP contribution in [0.2, 0.25) is 0 Å². The highest BCUT2D eigenvalue weighted by Gasteiger charge is 2.36. The number of ether oxygens (including phenoxy) is 1. The van der Waals surface area contributed by atoms with Crippen molar-refractivity contribution in [3.05, 3.63) is 111 Å². The van der Waals surface area contributed by atoms with Crippen molar-refractivity contribution >= 4 is 121 Å². The number of unbranched alkanes of at least 4 members (excludes halogenated alkanes) is 2. The van der Waals surface area contributed by atoms with Crippen LogP contribution in [0, 0.1) is 24.7 Å². The molecule has 25 nitrogen and oxygen atoms in total. The van der Waals surface area contributed by atoms with Gasteiger partial charge >= 0.3 is 11.9 Å². The molecule has 10 rings (SSSR count). The van der Waals surface area contributed by atoms with E-state index >= 15 is 0 Å². The molecule has 31 heteroatoms. The number of nitrogens with one attached hydrogen (secondary N) is 5. The van der Waals surface area contributed by atoms with E-state index in [0.29, 0.717) is 119 Å². The number of anilines is 1. The Morgan fingerprint density at radius 3 is 2.10 bits per heavy atom. The summed E-state index contributed by atoms with van der Waals surface area (Å²) in [5.74, 6) is -5.80. The van der Waals surface area contributed by atoms with E-state index < -0.39 is 84.1 Å². The average molecular weight is 1360 g/mol. The first-order chi connectivity index (χ1) is 44.3. The number of carbonyl (C=O) groups excluding carboxylic acids is 6. The number of hydrogen-bond donors (Lipinski definition) is 8. The van der Waals surface area contributed by atoms with Gasteiger partial charge in [-0.05, 0) is 69.1 Å². The summed E-state index contributed by atoms with van der Waals surface area (Å²) in [5, 5.41) is 54.1. The van der Waals surface area contributed by atoms with Crippen molar-refractivity contribution in [2.24, 2.45) is 17.8 Å². The second kappa shape index (κ2) is 30.1. The van der Waals surface area contributed by atoms with Crippen LogP contribution < -0.4 is 31.5 Å². The van der Waals surface area contributed by atoms with Gasteiger partial charge in [-0.1, -0.05) is 50.6 Å². The lowest BCUT2D eigenvalue weighted by molar-refractivity contribution is -0.144. The molecule has 92 heavy (non-hydrogen) atoms. The van der Waals surface area contributed by atoms with Gasteiger partial charge < -0.3 is 46.6 Å². The Bertz CT molecular complexity index is 4020. The topological polar surface area (TPSA) is 360 Å². The Hall–Kier alpha value is -8.17. The Kier molecular flexibility index (Phi) is 21.8. The molecule has 0 unspecified atom stereocenters. The van der Waals surface area contributed by atoms with Crippen LogP contribution in [-0.2, 0) is 35.3 Å². The molecule has 0 spiro atoms. The second-order valence-electron chi connectivity index (χ2n) is 22.2. The number of rotatable bonds is 17. The number of carboxylic acid groups (broad SMARTS) is 2. The maximum Gasteiger partial charge on any atom is 0.306 e. The van der Waals surface area contributed by atoms with E-state index in [1.54, 1.807) is 75.8 Å². The molecule has 482 valence electrons. The highest BCUT2D eigenvalue weighted by Crippen LogP contribution is 2.41. The van der Waals surface area contributed by atoms with E-state index in [1.807, 2.05) is 13.8 Å². The van der Waals surface area contributed by atoms with Crippen LogP contribution in [0.3, 0.4) is 0 Å². The number of aliphatic carboxylic acids is 2. The monoisotopic (exact) mass is 1360 g/mol. The molecule has 8 N–H and O–H groups in total. The molecule has 8 heterocycles. The van der Waals surface area contributed by atoms with E-state index in [-0.39, 0.29) is 59.9 Å². The molecule has 8 aromatic rings. The fourth-order valence-electron chi connectivity index (χ4n) is 10.6.